The van der Waals surface area contributed by atoms with Gasteiger partial charge in [0.15, 0.2) is 0 Å². The molecular formula is C3H10O9PdS3. The molecular weight excluding hydrogens is 383 g/mol. The molecule has 0 aliphatic heterocycles. The van der Waals surface area contributed by atoms with E-state index in [1.54, 1.807) is 0 Å². The summed E-state index contributed by atoms with van der Waals surface area (Å²) in [5, 5.41) is 0. The summed E-state index contributed by atoms with van der Waals surface area (Å²) in [5.41, 5.74) is 0. The molecule has 0 aromatic rings. The topological polar surface area (TPSA) is 169 Å². The van der Waals surface area contributed by atoms with Crippen LogP contribution in [0.15, 0.2) is 0 Å². The molecule has 0 amide bonds. The first-order valence-corrected chi connectivity index (χ1v) is 8.22. The smallest absolute Gasteiger partial charge is 0.748 e. The van der Waals surface area contributed by atoms with Gasteiger partial charge in [0.1, 0.15) is 0 Å². The van der Waals surface area contributed by atoms with Gasteiger partial charge in [-0.15, -0.1) is 0 Å². The minimum atomic E-state index is -3.92. The van der Waals surface area contributed by atoms with Gasteiger partial charge < -0.3 is 9.11 Å². The molecule has 0 radical (unpaired) electrons. The molecule has 0 spiro atoms. The molecule has 0 saturated heterocycles. The summed E-state index contributed by atoms with van der Waals surface area (Å²) >= 11 is 0. The third-order valence-electron chi connectivity index (χ3n) is 0. The van der Waals surface area contributed by atoms with Crippen molar-refractivity contribution >= 4 is 30.4 Å². The third kappa shape index (κ3) is 16800. The van der Waals surface area contributed by atoms with Crippen LogP contribution >= 0.6 is 0 Å². The first-order chi connectivity index (χ1) is 6.00. The van der Waals surface area contributed by atoms with E-state index in [2.05, 4.69) is 0 Å². The van der Waals surface area contributed by atoms with Crippen LogP contribution in [0.3, 0.4) is 0 Å². The van der Waals surface area contributed by atoms with Crippen molar-refractivity contribution in [3.05, 3.63) is 0 Å². The van der Waals surface area contributed by atoms with Crippen LogP contribution in [0.25, 0.3) is 0 Å². The zero-order valence-electron chi connectivity index (χ0n) is 8.25. The predicted molar refractivity (Wildman–Crippen MR) is 48.7 cm³/mol. The van der Waals surface area contributed by atoms with Crippen LogP contribution in [0.2, 0.25) is 0 Å². The molecule has 0 aliphatic carbocycles. The zero-order valence-corrected chi connectivity index (χ0v) is 12.3. The van der Waals surface area contributed by atoms with Gasteiger partial charge in [-0.2, -0.15) is 8.42 Å². The molecule has 0 rings (SSSR count). The van der Waals surface area contributed by atoms with Crippen molar-refractivity contribution in [3.8, 4) is 0 Å². The Morgan fingerprint density at radius 1 is 0.750 bits per heavy atom. The first-order valence-electron chi connectivity index (χ1n) is 2.74. The van der Waals surface area contributed by atoms with Crippen molar-refractivity contribution in [2.45, 2.75) is 0 Å². The van der Waals surface area contributed by atoms with Gasteiger partial charge in [-0.05, 0) is 0 Å². The largest absolute Gasteiger partial charge is 2.00 e. The summed E-state index contributed by atoms with van der Waals surface area (Å²) < 4.78 is 80.3. The molecule has 0 aromatic carbocycles. The van der Waals surface area contributed by atoms with Crippen molar-refractivity contribution in [1.29, 1.82) is 0 Å². The standard InChI is InChI=1S/3CH4O3S.Pd/c3*1-5(2,3)4;/h3*1H3,(H,2,3,4);/q;;;+2/p-2. The molecule has 0 bridgehead atoms. The van der Waals surface area contributed by atoms with Gasteiger partial charge in [0.25, 0.3) is 10.1 Å². The van der Waals surface area contributed by atoms with Gasteiger partial charge in [-0.25, -0.2) is 16.8 Å². The van der Waals surface area contributed by atoms with Crippen molar-refractivity contribution in [2.75, 3.05) is 18.8 Å². The van der Waals surface area contributed by atoms with Crippen LogP contribution < -0.4 is 0 Å². The summed E-state index contributed by atoms with van der Waals surface area (Å²) in [7, 11) is -11.5. The molecule has 104 valence electrons. The Kier molecular flexibility index (Phi) is 14.9. The number of rotatable bonds is 0. The van der Waals surface area contributed by atoms with Gasteiger partial charge >= 0.3 is 20.4 Å². The summed E-state index contributed by atoms with van der Waals surface area (Å²) in [4.78, 5) is 0. The second kappa shape index (κ2) is 9.43. The van der Waals surface area contributed by atoms with Gasteiger partial charge in [0.05, 0.1) is 26.5 Å². The Morgan fingerprint density at radius 3 is 0.750 bits per heavy atom. The molecule has 1 N–H and O–H groups in total. The van der Waals surface area contributed by atoms with Crippen LogP contribution in [0.4, 0.5) is 0 Å². The zero-order chi connectivity index (χ0) is 13.5. The van der Waals surface area contributed by atoms with Crippen LogP contribution in [0.5, 0.6) is 0 Å². The van der Waals surface area contributed by atoms with Crippen molar-refractivity contribution < 1.29 is 59.3 Å². The predicted octanol–water partition coefficient (Wildman–Crippen LogP) is -2.18. The summed E-state index contributed by atoms with van der Waals surface area (Å²) in [5.74, 6) is 0. The van der Waals surface area contributed by atoms with E-state index in [1.807, 2.05) is 0 Å². The molecule has 0 atom stereocenters. The molecule has 0 saturated carbocycles. The number of hydrogen-bond donors (Lipinski definition) is 1. The molecule has 9 nitrogen and oxygen atoms in total. The van der Waals surface area contributed by atoms with E-state index in [1.165, 1.54) is 0 Å². The van der Waals surface area contributed by atoms with Crippen LogP contribution in [-0.2, 0) is 50.8 Å². The molecule has 0 aromatic heterocycles. The summed E-state index contributed by atoms with van der Waals surface area (Å²) in [6, 6.07) is 0. The van der Waals surface area contributed by atoms with E-state index in [0.717, 1.165) is 0 Å². The van der Waals surface area contributed by atoms with Gasteiger partial charge in [0.2, 0.25) is 0 Å². The van der Waals surface area contributed by atoms with Crippen LogP contribution in [0, 0.1) is 0 Å². The fraction of sp³-hybridized carbons (Fsp3) is 1.00. The Hall–Kier alpha value is 0.392. The fourth-order valence-corrected chi connectivity index (χ4v) is 0. The average Bonchev–Trinajstić information content (AvgIpc) is 1.41. The molecule has 16 heavy (non-hydrogen) atoms. The SMILES string of the molecule is CS(=O)(=O)O.CS(=O)(=O)[O-].CS(=O)(=O)[O-].[Pd+2]. The second-order valence-corrected chi connectivity index (χ2v) is 6.42. The molecule has 0 fully saturated rings. The summed E-state index contributed by atoms with van der Waals surface area (Å²) in [6.07, 6.45) is 1.92. The van der Waals surface area contributed by atoms with Crippen molar-refractivity contribution in [3.63, 3.8) is 0 Å². The van der Waals surface area contributed by atoms with E-state index >= 15 is 0 Å². The molecule has 0 unspecified atom stereocenters. The maximum Gasteiger partial charge on any atom is 2.00 e. The van der Waals surface area contributed by atoms with Crippen LogP contribution in [-0.4, -0.2) is 57.7 Å². The van der Waals surface area contributed by atoms with E-state index in [4.69, 9.17) is 30.5 Å². The quantitative estimate of drug-likeness (QED) is 0.355. The molecule has 13 heteroatoms. The molecule has 0 heterocycles. The van der Waals surface area contributed by atoms with E-state index in [-0.39, 0.29) is 20.4 Å². The minimum Gasteiger partial charge on any atom is -0.748 e. The maximum absolute atomic E-state index is 9.19. The Bertz CT molecular complexity index is 347. The Morgan fingerprint density at radius 2 is 0.750 bits per heavy atom. The van der Waals surface area contributed by atoms with Crippen LogP contribution in [0.1, 0.15) is 0 Å². The Labute approximate surface area is 108 Å². The normalized spacial score (nSPS) is 10.9. The maximum atomic E-state index is 9.19. The van der Waals surface area contributed by atoms with E-state index in [9.17, 15) is 8.42 Å². The average molecular weight is 393 g/mol. The number of hydrogen-bond acceptors (Lipinski definition) is 8. The van der Waals surface area contributed by atoms with Crippen molar-refractivity contribution in [2.24, 2.45) is 0 Å². The first kappa shape index (κ1) is 25.3. The van der Waals surface area contributed by atoms with E-state index in [0.29, 0.717) is 18.8 Å². The minimum absolute atomic E-state index is 0. The van der Waals surface area contributed by atoms with Gasteiger partial charge in [-0.3, -0.25) is 4.55 Å². The Balaban J connectivity index is -0.0000000655. The summed E-state index contributed by atoms with van der Waals surface area (Å²) in [6.45, 7) is 0. The van der Waals surface area contributed by atoms with E-state index < -0.39 is 30.4 Å². The van der Waals surface area contributed by atoms with Crippen molar-refractivity contribution in [1.82, 2.24) is 0 Å². The second-order valence-electron chi connectivity index (χ2n) is 2.14. The molecule has 0 aliphatic rings. The monoisotopic (exact) mass is 392 g/mol. The fourth-order valence-electron chi connectivity index (χ4n) is 0. The van der Waals surface area contributed by atoms with Gasteiger partial charge in [-0.1, -0.05) is 0 Å². The van der Waals surface area contributed by atoms with Gasteiger partial charge in [0, 0.05) is 12.5 Å². The third-order valence-corrected chi connectivity index (χ3v) is 0.